The highest BCUT2D eigenvalue weighted by molar-refractivity contribution is 5.95. The molecule has 1 aromatic carbocycles. The molecular weight excluding hydrogens is 236 g/mol. The zero-order valence-electron chi connectivity index (χ0n) is 11.6. The molecule has 3 rings (SSSR count). The average molecular weight is 258 g/mol. The molecule has 1 aliphatic carbocycles. The second-order valence-electron chi connectivity index (χ2n) is 5.75. The van der Waals surface area contributed by atoms with Crippen LogP contribution in [0.3, 0.4) is 0 Å². The Balaban J connectivity index is 1.79. The average Bonchev–Trinajstić information content (AvgIpc) is 2.99. The van der Waals surface area contributed by atoms with Crippen LogP contribution in [-0.4, -0.2) is 26.0 Å². The summed E-state index contributed by atoms with van der Waals surface area (Å²) in [6.45, 7) is 1.79. The van der Waals surface area contributed by atoms with E-state index in [9.17, 15) is 4.79 Å². The molecule has 1 saturated heterocycles. The molecule has 0 aromatic heterocycles. The molecule has 1 unspecified atom stereocenters. The van der Waals surface area contributed by atoms with Gasteiger partial charge in [-0.3, -0.25) is 4.79 Å². The Bertz CT molecular complexity index is 478. The number of carbonyl (C=O) groups is 1. The molecule has 1 atom stereocenters. The number of rotatable bonds is 2. The Morgan fingerprint density at radius 1 is 1.26 bits per heavy atom. The van der Waals surface area contributed by atoms with Crippen LogP contribution in [-0.2, 0) is 17.6 Å². The SMILES string of the molecule is CN(C(=O)C1CCNC1)c1ccc2c(c1)CCCC2. The summed E-state index contributed by atoms with van der Waals surface area (Å²) in [5.74, 6) is 0.404. The first-order chi connectivity index (χ1) is 9.25. The van der Waals surface area contributed by atoms with Gasteiger partial charge in [-0.15, -0.1) is 0 Å². The Kier molecular flexibility index (Phi) is 3.56. The van der Waals surface area contributed by atoms with E-state index in [0.717, 1.165) is 31.6 Å². The molecule has 1 heterocycles. The van der Waals surface area contributed by atoms with Crippen LogP contribution in [0.5, 0.6) is 0 Å². The smallest absolute Gasteiger partial charge is 0.231 e. The molecule has 1 aromatic rings. The van der Waals surface area contributed by atoms with Crippen LogP contribution in [0.2, 0.25) is 0 Å². The van der Waals surface area contributed by atoms with E-state index in [2.05, 4.69) is 23.5 Å². The van der Waals surface area contributed by atoms with Crippen molar-refractivity contribution in [2.75, 3.05) is 25.0 Å². The van der Waals surface area contributed by atoms with E-state index < -0.39 is 0 Å². The number of nitrogens with zero attached hydrogens (tertiary/aromatic N) is 1. The summed E-state index contributed by atoms with van der Waals surface area (Å²) in [5.41, 5.74) is 3.96. The molecule has 2 aliphatic rings. The molecule has 1 fully saturated rings. The standard InChI is InChI=1S/C16H22N2O/c1-18(16(19)14-8-9-17-11-14)15-7-6-12-4-2-3-5-13(12)10-15/h6-7,10,14,17H,2-5,8-9,11H2,1H3. The number of fused-ring (bicyclic) bond motifs is 1. The normalized spacial score (nSPS) is 22.1. The number of anilines is 1. The van der Waals surface area contributed by atoms with Crippen molar-refractivity contribution < 1.29 is 4.79 Å². The number of benzene rings is 1. The van der Waals surface area contributed by atoms with E-state index >= 15 is 0 Å². The van der Waals surface area contributed by atoms with Crippen molar-refractivity contribution in [3.8, 4) is 0 Å². The molecule has 0 radical (unpaired) electrons. The third-order valence-corrected chi connectivity index (χ3v) is 4.46. The van der Waals surface area contributed by atoms with Gasteiger partial charge in [-0.2, -0.15) is 0 Å². The first-order valence-corrected chi connectivity index (χ1v) is 7.36. The van der Waals surface area contributed by atoms with Gasteiger partial charge in [0, 0.05) is 19.3 Å². The van der Waals surface area contributed by atoms with Crippen LogP contribution in [0.15, 0.2) is 18.2 Å². The van der Waals surface area contributed by atoms with E-state index in [0.29, 0.717) is 0 Å². The fraction of sp³-hybridized carbons (Fsp3) is 0.562. The van der Waals surface area contributed by atoms with Crippen molar-refractivity contribution in [2.24, 2.45) is 5.92 Å². The minimum absolute atomic E-state index is 0.154. The first kappa shape index (κ1) is 12.7. The van der Waals surface area contributed by atoms with Gasteiger partial charge in [0.25, 0.3) is 0 Å². The quantitative estimate of drug-likeness (QED) is 0.881. The maximum atomic E-state index is 12.4. The topological polar surface area (TPSA) is 32.3 Å². The summed E-state index contributed by atoms with van der Waals surface area (Å²) in [7, 11) is 1.91. The zero-order chi connectivity index (χ0) is 13.2. The van der Waals surface area contributed by atoms with Crippen LogP contribution in [0.25, 0.3) is 0 Å². The Hall–Kier alpha value is -1.35. The molecule has 0 spiro atoms. The molecule has 0 saturated carbocycles. The van der Waals surface area contributed by atoms with E-state index in [1.807, 2.05) is 11.9 Å². The van der Waals surface area contributed by atoms with Gasteiger partial charge in [-0.05, 0) is 61.9 Å². The van der Waals surface area contributed by atoms with Crippen LogP contribution in [0.1, 0.15) is 30.4 Å². The van der Waals surface area contributed by atoms with Crippen LogP contribution in [0, 0.1) is 5.92 Å². The van der Waals surface area contributed by atoms with Gasteiger partial charge in [-0.25, -0.2) is 0 Å². The van der Waals surface area contributed by atoms with Gasteiger partial charge >= 0.3 is 0 Å². The van der Waals surface area contributed by atoms with E-state index in [1.54, 1.807) is 0 Å². The predicted molar refractivity (Wildman–Crippen MR) is 77.5 cm³/mol. The van der Waals surface area contributed by atoms with E-state index in [4.69, 9.17) is 0 Å². The molecule has 1 N–H and O–H groups in total. The molecule has 0 bridgehead atoms. The number of hydrogen-bond acceptors (Lipinski definition) is 2. The van der Waals surface area contributed by atoms with Crippen molar-refractivity contribution in [1.29, 1.82) is 0 Å². The van der Waals surface area contributed by atoms with Gasteiger partial charge in [-0.1, -0.05) is 6.07 Å². The summed E-state index contributed by atoms with van der Waals surface area (Å²) >= 11 is 0. The summed E-state index contributed by atoms with van der Waals surface area (Å²) in [4.78, 5) is 14.2. The predicted octanol–water partition coefficient (Wildman–Crippen LogP) is 2.14. The molecule has 3 heteroatoms. The van der Waals surface area contributed by atoms with Crippen LogP contribution < -0.4 is 10.2 Å². The lowest BCUT2D eigenvalue weighted by Crippen LogP contribution is -2.34. The summed E-state index contributed by atoms with van der Waals surface area (Å²) in [6.07, 6.45) is 5.90. The number of nitrogens with one attached hydrogen (secondary N) is 1. The number of carbonyl (C=O) groups excluding carboxylic acids is 1. The van der Waals surface area contributed by atoms with Gasteiger partial charge in [0.15, 0.2) is 0 Å². The largest absolute Gasteiger partial charge is 0.316 e. The van der Waals surface area contributed by atoms with Gasteiger partial charge in [0.1, 0.15) is 0 Å². The third-order valence-electron chi connectivity index (χ3n) is 4.46. The van der Waals surface area contributed by atoms with E-state index in [-0.39, 0.29) is 11.8 Å². The minimum Gasteiger partial charge on any atom is -0.316 e. The number of aryl methyl sites for hydroxylation is 2. The van der Waals surface area contributed by atoms with Crippen molar-refractivity contribution in [2.45, 2.75) is 32.1 Å². The Labute approximate surface area is 115 Å². The zero-order valence-corrected chi connectivity index (χ0v) is 11.6. The number of hydrogen-bond donors (Lipinski definition) is 1. The van der Waals surface area contributed by atoms with Crippen molar-refractivity contribution in [3.05, 3.63) is 29.3 Å². The van der Waals surface area contributed by atoms with Crippen molar-refractivity contribution in [3.63, 3.8) is 0 Å². The van der Waals surface area contributed by atoms with Gasteiger partial charge < -0.3 is 10.2 Å². The molecule has 19 heavy (non-hydrogen) atoms. The van der Waals surface area contributed by atoms with Crippen LogP contribution in [0.4, 0.5) is 5.69 Å². The lowest BCUT2D eigenvalue weighted by molar-refractivity contribution is -0.121. The summed E-state index contributed by atoms with van der Waals surface area (Å²) < 4.78 is 0. The molecule has 3 nitrogen and oxygen atoms in total. The lowest BCUT2D eigenvalue weighted by atomic mass is 9.91. The fourth-order valence-corrected chi connectivity index (χ4v) is 3.20. The van der Waals surface area contributed by atoms with E-state index in [1.165, 1.54) is 30.4 Å². The van der Waals surface area contributed by atoms with Crippen molar-refractivity contribution in [1.82, 2.24) is 5.32 Å². The lowest BCUT2D eigenvalue weighted by Gasteiger charge is -2.23. The fourth-order valence-electron chi connectivity index (χ4n) is 3.20. The second kappa shape index (κ2) is 5.33. The third kappa shape index (κ3) is 2.52. The maximum Gasteiger partial charge on any atom is 0.231 e. The Morgan fingerprint density at radius 3 is 2.79 bits per heavy atom. The highest BCUT2D eigenvalue weighted by Gasteiger charge is 2.26. The number of amides is 1. The monoisotopic (exact) mass is 258 g/mol. The van der Waals surface area contributed by atoms with Crippen LogP contribution >= 0.6 is 0 Å². The highest BCUT2D eigenvalue weighted by atomic mass is 16.2. The molecule has 1 aliphatic heterocycles. The molecule has 1 amide bonds. The summed E-state index contributed by atoms with van der Waals surface area (Å²) in [5, 5.41) is 3.26. The molecular formula is C16H22N2O. The molecule has 102 valence electrons. The minimum atomic E-state index is 0.154. The van der Waals surface area contributed by atoms with Crippen molar-refractivity contribution >= 4 is 11.6 Å². The first-order valence-electron chi connectivity index (χ1n) is 7.36. The second-order valence-corrected chi connectivity index (χ2v) is 5.75. The van der Waals surface area contributed by atoms with Gasteiger partial charge in [0.2, 0.25) is 5.91 Å². The Morgan fingerprint density at radius 2 is 2.05 bits per heavy atom. The highest BCUT2D eigenvalue weighted by Crippen LogP contribution is 2.26. The maximum absolute atomic E-state index is 12.4. The summed E-state index contributed by atoms with van der Waals surface area (Å²) in [6, 6.07) is 6.53. The van der Waals surface area contributed by atoms with Gasteiger partial charge in [0.05, 0.1) is 5.92 Å².